The van der Waals surface area contributed by atoms with Crippen LogP contribution in [-0.4, -0.2) is 14.5 Å². The van der Waals surface area contributed by atoms with Gasteiger partial charge in [-0.1, -0.05) is 13.0 Å². The van der Waals surface area contributed by atoms with Gasteiger partial charge in [-0.15, -0.1) is 0 Å². The Hall–Kier alpha value is -0.430. The summed E-state index contributed by atoms with van der Waals surface area (Å²) in [6, 6.07) is 3.40. The van der Waals surface area contributed by atoms with Crippen molar-refractivity contribution in [3.8, 4) is 0 Å². The van der Waals surface area contributed by atoms with Gasteiger partial charge in [0.25, 0.3) is 0 Å². The molecular formula is C12H19BrN2O2S. The van der Waals surface area contributed by atoms with Crippen LogP contribution in [0.15, 0.2) is 21.5 Å². The summed E-state index contributed by atoms with van der Waals surface area (Å²) in [7, 11) is -3.51. The molecule has 0 aliphatic heterocycles. The maximum atomic E-state index is 12.3. The summed E-state index contributed by atoms with van der Waals surface area (Å²) in [5.41, 5.74) is 7.25. The molecule has 0 spiro atoms. The molecule has 18 heavy (non-hydrogen) atoms. The van der Waals surface area contributed by atoms with Gasteiger partial charge in [0.15, 0.2) is 0 Å². The smallest absolute Gasteiger partial charge is 0.241 e. The zero-order valence-corrected chi connectivity index (χ0v) is 13.2. The van der Waals surface area contributed by atoms with Crippen molar-refractivity contribution in [2.45, 2.75) is 44.7 Å². The quantitative estimate of drug-likeness (QED) is 0.867. The van der Waals surface area contributed by atoms with Crippen molar-refractivity contribution in [2.24, 2.45) is 5.73 Å². The standard InChI is InChI=1S/C12H19BrN2O2S/c1-4-9(3)15-18(16,17)11-6-10(7-14)5-8(2)12(11)13/h5-6,9,15H,4,7,14H2,1-3H3. The van der Waals surface area contributed by atoms with Crippen LogP contribution in [0.3, 0.4) is 0 Å². The minimum Gasteiger partial charge on any atom is -0.326 e. The van der Waals surface area contributed by atoms with E-state index in [0.717, 1.165) is 17.5 Å². The fraction of sp³-hybridized carbons (Fsp3) is 0.500. The van der Waals surface area contributed by atoms with Crippen molar-refractivity contribution in [1.29, 1.82) is 0 Å². The van der Waals surface area contributed by atoms with E-state index >= 15 is 0 Å². The van der Waals surface area contributed by atoms with Gasteiger partial charge in [0.1, 0.15) is 0 Å². The number of rotatable bonds is 5. The van der Waals surface area contributed by atoms with E-state index in [2.05, 4.69) is 20.7 Å². The predicted octanol–water partition coefficient (Wildman–Crippen LogP) is 2.29. The normalized spacial score (nSPS) is 13.6. The largest absolute Gasteiger partial charge is 0.326 e. The van der Waals surface area contributed by atoms with Crippen molar-refractivity contribution in [3.05, 3.63) is 27.7 Å². The highest BCUT2D eigenvalue weighted by Gasteiger charge is 2.21. The topological polar surface area (TPSA) is 72.2 Å². The lowest BCUT2D eigenvalue weighted by Crippen LogP contribution is -2.32. The van der Waals surface area contributed by atoms with E-state index in [1.165, 1.54) is 0 Å². The number of halogens is 1. The summed E-state index contributed by atoms with van der Waals surface area (Å²) in [5.74, 6) is 0. The molecule has 4 nitrogen and oxygen atoms in total. The van der Waals surface area contributed by atoms with E-state index in [9.17, 15) is 8.42 Å². The molecule has 6 heteroatoms. The second kappa shape index (κ2) is 6.14. The van der Waals surface area contributed by atoms with Gasteiger partial charge in [-0.3, -0.25) is 0 Å². The molecule has 0 aliphatic carbocycles. The van der Waals surface area contributed by atoms with Crippen LogP contribution in [0.4, 0.5) is 0 Å². The Morgan fingerprint density at radius 1 is 1.44 bits per heavy atom. The highest BCUT2D eigenvalue weighted by molar-refractivity contribution is 9.10. The van der Waals surface area contributed by atoms with Crippen LogP contribution in [0.5, 0.6) is 0 Å². The monoisotopic (exact) mass is 334 g/mol. The van der Waals surface area contributed by atoms with Crippen LogP contribution in [-0.2, 0) is 16.6 Å². The second-order valence-corrected chi connectivity index (χ2v) is 6.83. The first-order valence-electron chi connectivity index (χ1n) is 5.83. The molecule has 1 aromatic carbocycles. The first kappa shape index (κ1) is 15.6. The second-order valence-electron chi connectivity index (χ2n) is 4.36. The molecular weight excluding hydrogens is 316 g/mol. The molecule has 0 fully saturated rings. The molecule has 0 aromatic heterocycles. The molecule has 3 N–H and O–H groups in total. The number of aryl methyl sites for hydroxylation is 1. The molecule has 0 radical (unpaired) electrons. The van der Waals surface area contributed by atoms with Crippen LogP contribution >= 0.6 is 15.9 Å². The van der Waals surface area contributed by atoms with Crippen molar-refractivity contribution in [3.63, 3.8) is 0 Å². The van der Waals surface area contributed by atoms with Crippen LogP contribution in [0.25, 0.3) is 0 Å². The first-order chi connectivity index (χ1) is 8.31. The van der Waals surface area contributed by atoms with Crippen molar-refractivity contribution in [2.75, 3.05) is 0 Å². The van der Waals surface area contributed by atoms with Gasteiger partial charge in [0.05, 0.1) is 4.90 Å². The van der Waals surface area contributed by atoms with E-state index in [0.29, 0.717) is 11.0 Å². The number of benzene rings is 1. The van der Waals surface area contributed by atoms with Crippen molar-refractivity contribution >= 4 is 26.0 Å². The summed E-state index contributed by atoms with van der Waals surface area (Å²) in [5, 5.41) is 0. The maximum absolute atomic E-state index is 12.3. The molecule has 0 heterocycles. The molecule has 0 bridgehead atoms. The summed E-state index contributed by atoms with van der Waals surface area (Å²) in [4.78, 5) is 0.253. The van der Waals surface area contributed by atoms with Crippen LogP contribution in [0.2, 0.25) is 0 Å². The molecule has 1 aromatic rings. The molecule has 102 valence electrons. The van der Waals surface area contributed by atoms with E-state index in [1.807, 2.05) is 26.8 Å². The van der Waals surface area contributed by atoms with E-state index in [-0.39, 0.29) is 10.9 Å². The van der Waals surface area contributed by atoms with E-state index in [4.69, 9.17) is 5.73 Å². The van der Waals surface area contributed by atoms with Gasteiger partial charge in [0, 0.05) is 17.1 Å². The number of nitrogens with one attached hydrogen (secondary N) is 1. The Morgan fingerprint density at radius 3 is 2.56 bits per heavy atom. The lowest BCUT2D eigenvalue weighted by molar-refractivity contribution is 0.555. The van der Waals surface area contributed by atoms with Gasteiger partial charge >= 0.3 is 0 Å². The minimum atomic E-state index is -3.51. The Kier molecular flexibility index (Phi) is 5.33. The Morgan fingerprint density at radius 2 is 2.06 bits per heavy atom. The molecule has 0 aliphatic rings. The summed E-state index contributed by atoms with van der Waals surface area (Å²) < 4.78 is 27.8. The van der Waals surface area contributed by atoms with E-state index in [1.54, 1.807) is 6.07 Å². The molecule has 1 rings (SSSR count). The zero-order valence-electron chi connectivity index (χ0n) is 10.8. The number of nitrogens with two attached hydrogens (primary N) is 1. The summed E-state index contributed by atoms with van der Waals surface area (Å²) in [6.45, 7) is 5.94. The number of hydrogen-bond donors (Lipinski definition) is 2. The third-order valence-corrected chi connectivity index (χ3v) is 5.70. The highest BCUT2D eigenvalue weighted by atomic mass is 79.9. The Bertz CT molecular complexity index is 529. The number of sulfonamides is 1. The summed E-state index contributed by atoms with van der Waals surface area (Å²) >= 11 is 3.33. The highest BCUT2D eigenvalue weighted by Crippen LogP contribution is 2.27. The lowest BCUT2D eigenvalue weighted by Gasteiger charge is -2.15. The van der Waals surface area contributed by atoms with Crippen LogP contribution < -0.4 is 10.5 Å². The van der Waals surface area contributed by atoms with Crippen molar-refractivity contribution in [1.82, 2.24) is 4.72 Å². The average Bonchev–Trinajstić information content (AvgIpc) is 2.31. The molecule has 0 saturated heterocycles. The predicted molar refractivity (Wildman–Crippen MR) is 76.8 cm³/mol. The summed E-state index contributed by atoms with van der Waals surface area (Å²) in [6.07, 6.45) is 0.742. The molecule has 1 atom stereocenters. The zero-order chi connectivity index (χ0) is 13.9. The van der Waals surface area contributed by atoms with Gasteiger partial charge in [-0.05, 0) is 53.4 Å². The fourth-order valence-electron chi connectivity index (χ4n) is 1.53. The van der Waals surface area contributed by atoms with Gasteiger partial charge in [-0.2, -0.15) is 0 Å². The minimum absolute atomic E-state index is 0.0938. The van der Waals surface area contributed by atoms with Crippen LogP contribution in [0.1, 0.15) is 31.4 Å². The van der Waals surface area contributed by atoms with Gasteiger partial charge in [0.2, 0.25) is 10.0 Å². The molecule has 0 amide bonds. The van der Waals surface area contributed by atoms with Gasteiger partial charge in [-0.25, -0.2) is 13.1 Å². The van der Waals surface area contributed by atoms with Gasteiger partial charge < -0.3 is 5.73 Å². The SMILES string of the molecule is CCC(C)NS(=O)(=O)c1cc(CN)cc(C)c1Br. The average molecular weight is 335 g/mol. The Labute approximate surface area is 117 Å². The third-order valence-electron chi connectivity index (χ3n) is 2.77. The fourth-order valence-corrected chi connectivity index (χ4v) is 3.93. The maximum Gasteiger partial charge on any atom is 0.241 e. The Balaban J connectivity index is 3.27. The number of hydrogen-bond acceptors (Lipinski definition) is 3. The first-order valence-corrected chi connectivity index (χ1v) is 8.10. The third kappa shape index (κ3) is 3.54. The lowest BCUT2D eigenvalue weighted by atomic mass is 10.1. The van der Waals surface area contributed by atoms with Crippen molar-refractivity contribution < 1.29 is 8.42 Å². The molecule has 1 unspecified atom stereocenters. The molecule has 0 saturated carbocycles. The van der Waals surface area contributed by atoms with Crippen LogP contribution in [0, 0.1) is 6.92 Å². The van der Waals surface area contributed by atoms with E-state index < -0.39 is 10.0 Å².